The van der Waals surface area contributed by atoms with Crippen molar-refractivity contribution in [3.8, 4) is 28.7 Å². The first-order valence-electron chi connectivity index (χ1n) is 9.13. The molecule has 1 N–H and O–H groups in total. The molecule has 0 aliphatic heterocycles. The molecule has 2 aromatic heterocycles. The number of hydrogen-bond acceptors (Lipinski definition) is 7. The molecular weight excluding hydrogens is 372 g/mol. The molecule has 0 bridgehead atoms. The molecule has 0 fully saturated rings. The molecule has 0 atom stereocenters. The SMILES string of the molecule is COc1nc(C)cc(C)c1-c1noc(-c2ccccc2NC(=O)OC(C)(C)C)n1. The molecule has 0 saturated carbocycles. The fraction of sp³-hybridized carbons (Fsp3) is 0.333. The number of rotatable bonds is 4. The third-order valence-corrected chi connectivity index (χ3v) is 3.95. The second-order valence-corrected chi connectivity index (χ2v) is 7.56. The third kappa shape index (κ3) is 4.71. The topological polar surface area (TPSA) is 99.4 Å². The van der Waals surface area contributed by atoms with E-state index in [0.717, 1.165) is 11.3 Å². The first-order chi connectivity index (χ1) is 13.7. The van der Waals surface area contributed by atoms with Crippen LogP contribution in [-0.4, -0.2) is 33.9 Å². The number of methoxy groups -OCH3 is 1. The Morgan fingerprint density at radius 2 is 1.86 bits per heavy atom. The van der Waals surface area contributed by atoms with E-state index < -0.39 is 11.7 Å². The summed E-state index contributed by atoms with van der Waals surface area (Å²) in [6.45, 7) is 9.22. The van der Waals surface area contributed by atoms with Crippen molar-refractivity contribution < 1.29 is 18.8 Å². The molecule has 29 heavy (non-hydrogen) atoms. The van der Waals surface area contributed by atoms with Gasteiger partial charge in [0.05, 0.1) is 23.9 Å². The van der Waals surface area contributed by atoms with Gasteiger partial charge < -0.3 is 14.0 Å². The highest BCUT2D eigenvalue weighted by Gasteiger charge is 2.21. The van der Waals surface area contributed by atoms with Gasteiger partial charge in [-0.05, 0) is 58.4 Å². The Morgan fingerprint density at radius 1 is 1.14 bits per heavy atom. The van der Waals surface area contributed by atoms with Gasteiger partial charge in [0.1, 0.15) is 5.60 Å². The van der Waals surface area contributed by atoms with Crippen LogP contribution < -0.4 is 10.1 Å². The van der Waals surface area contributed by atoms with Crippen molar-refractivity contribution in [1.29, 1.82) is 0 Å². The maximum absolute atomic E-state index is 12.2. The molecule has 0 aliphatic carbocycles. The Morgan fingerprint density at radius 3 is 2.55 bits per heavy atom. The number of carbonyl (C=O) groups excluding carboxylic acids is 1. The van der Waals surface area contributed by atoms with Crippen LogP contribution in [0.4, 0.5) is 10.5 Å². The molecule has 0 aliphatic rings. The smallest absolute Gasteiger partial charge is 0.412 e. The summed E-state index contributed by atoms with van der Waals surface area (Å²) < 4.78 is 16.2. The van der Waals surface area contributed by atoms with Crippen LogP contribution >= 0.6 is 0 Å². The minimum Gasteiger partial charge on any atom is -0.480 e. The minimum atomic E-state index is -0.608. The van der Waals surface area contributed by atoms with Gasteiger partial charge in [-0.3, -0.25) is 5.32 Å². The lowest BCUT2D eigenvalue weighted by Crippen LogP contribution is -2.27. The average Bonchev–Trinajstić information content (AvgIpc) is 3.09. The number of pyridine rings is 1. The van der Waals surface area contributed by atoms with E-state index in [0.29, 0.717) is 28.5 Å². The van der Waals surface area contributed by atoms with Gasteiger partial charge in [0, 0.05) is 5.69 Å². The van der Waals surface area contributed by atoms with E-state index in [1.807, 2.05) is 26.0 Å². The zero-order chi connectivity index (χ0) is 21.2. The Hall–Kier alpha value is -3.42. The van der Waals surface area contributed by atoms with Crippen molar-refractivity contribution in [3.63, 3.8) is 0 Å². The van der Waals surface area contributed by atoms with E-state index in [-0.39, 0.29) is 5.89 Å². The number of ether oxygens (including phenoxy) is 2. The Kier molecular flexibility index (Phi) is 5.54. The molecule has 3 aromatic rings. The Balaban J connectivity index is 1.96. The molecule has 8 nitrogen and oxygen atoms in total. The van der Waals surface area contributed by atoms with Gasteiger partial charge in [0.15, 0.2) is 0 Å². The summed E-state index contributed by atoms with van der Waals surface area (Å²) in [5.74, 6) is 1.04. The molecule has 8 heteroatoms. The molecular formula is C21H24N4O4. The van der Waals surface area contributed by atoms with E-state index in [1.54, 1.807) is 46.1 Å². The number of nitrogens with zero attached hydrogens (tertiary/aromatic N) is 3. The predicted octanol–water partition coefficient (Wildman–Crippen LogP) is 4.77. The summed E-state index contributed by atoms with van der Waals surface area (Å²) in [7, 11) is 1.55. The lowest BCUT2D eigenvalue weighted by Gasteiger charge is -2.20. The van der Waals surface area contributed by atoms with Gasteiger partial charge in [-0.15, -0.1) is 0 Å². The third-order valence-electron chi connectivity index (χ3n) is 3.95. The van der Waals surface area contributed by atoms with Gasteiger partial charge >= 0.3 is 6.09 Å². The van der Waals surface area contributed by atoms with Gasteiger partial charge in [0.2, 0.25) is 11.7 Å². The van der Waals surface area contributed by atoms with Gasteiger partial charge in [-0.25, -0.2) is 9.78 Å². The van der Waals surface area contributed by atoms with E-state index >= 15 is 0 Å². The van der Waals surface area contributed by atoms with Crippen molar-refractivity contribution in [2.24, 2.45) is 0 Å². The highest BCUT2D eigenvalue weighted by atomic mass is 16.6. The normalized spacial score (nSPS) is 11.2. The number of hydrogen-bond donors (Lipinski definition) is 1. The van der Waals surface area contributed by atoms with Gasteiger partial charge in [0.25, 0.3) is 5.89 Å². The van der Waals surface area contributed by atoms with Crippen molar-refractivity contribution in [2.75, 3.05) is 12.4 Å². The fourth-order valence-corrected chi connectivity index (χ4v) is 2.85. The average molecular weight is 396 g/mol. The second-order valence-electron chi connectivity index (χ2n) is 7.56. The van der Waals surface area contributed by atoms with Crippen LogP contribution in [0.25, 0.3) is 22.8 Å². The van der Waals surface area contributed by atoms with Crippen LogP contribution in [-0.2, 0) is 4.74 Å². The van der Waals surface area contributed by atoms with Gasteiger partial charge in [-0.2, -0.15) is 4.98 Å². The molecule has 0 unspecified atom stereocenters. The summed E-state index contributed by atoms with van der Waals surface area (Å²) in [4.78, 5) is 21.1. The van der Waals surface area contributed by atoms with Crippen molar-refractivity contribution in [2.45, 2.75) is 40.2 Å². The number of carbonyl (C=O) groups is 1. The van der Waals surface area contributed by atoms with Crippen molar-refractivity contribution in [1.82, 2.24) is 15.1 Å². The Bertz CT molecular complexity index is 1040. The van der Waals surface area contributed by atoms with Crippen LogP contribution in [0.5, 0.6) is 5.88 Å². The highest BCUT2D eigenvalue weighted by Crippen LogP contribution is 2.33. The zero-order valence-corrected chi connectivity index (χ0v) is 17.4. The summed E-state index contributed by atoms with van der Waals surface area (Å²) in [6, 6.07) is 9.05. The first-order valence-corrected chi connectivity index (χ1v) is 9.13. The fourth-order valence-electron chi connectivity index (χ4n) is 2.85. The van der Waals surface area contributed by atoms with Crippen molar-refractivity contribution >= 4 is 11.8 Å². The number of nitrogens with one attached hydrogen (secondary N) is 1. The molecule has 1 aromatic carbocycles. The highest BCUT2D eigenvalue weighted by molar-refractivity contribution is 5.90. The zero-order valence-electron chi connectivity index (χ0n) is 17.4. The van der Waals surface area contributed by atoms with Crippen LogP contribution in [0.15, 0.2) is 34.9 Å². The maximum atomic E-state index is 12.2. The molecule has 152 valence electrons. The van der Waals surface area contributed by atoms with E-state index in [4.69, 9.17) is 14.0 Å². The van der Waals surface area contributed by atoms with Crippen LogP contribution in [0, 0.1) is 13.8 Å². The largest absolute Gasteiger partial charge is 0.480 e. The van der Waals surface area contributed by atoms with E-state index in [2.05, 4.69) is 20.4 Å². The lowest BCUT2D eigenvalue weighted by atomic mass is 10.1. The second kappa shape index (κ2) is 7.90. The Labute approximate surface area is 169 Å². The molecule has 0 saturated heterocycles. The molecule has 0 radical (unpaired) electrons. The number of benzene rings is 1. The summed E-state index contributed by atoms with van der Waals surface area (Å²) in [5, 5.41) is 6.82. The first kappa shape index (κ1) is 20.3. The standard InChI is InChI=1S/C21H24N4O4/c1-12-11-13(2)22-19(27-6)16(12)17-24-18(29-25-17)14-9-7-8-10-15(14)23-20(26)28-21(3,4)5/h7-11H,1-6H3,(H,23,26). The molecule has 3 rings (SSSR count). The van der Waals surface area contributed by atoms with Crippen LogP contribution in [0.1, 0.15) is 32.0 Å². The number of aromatic nitrogens is 3. The maximum Gasteiger partial charge on any atom is 0.412 e. The number of amides is 1. The molecule has 1 amide bonds. The lowest BCUT2D eigenvalue weighted by molar-refractivity contribution is 0.0636. The number of para-hydroxylation sites is 1. The molecule has 0 spiro atoms. The van der Waals surface area contributed by atoms with E-state index in [9.17, 15) is 4.79 Å². The minimum absolute atomic E-state index is 0.258. The predicted molar refractivity (Wildman–Crippen MR) is 109 cm³/mol. The number of anilines is 1. The number of aryl methyl sites for hydroxylation is 2. The van der Waals surface area contributed by atoms with Crippen molar-refractivity contribution in [3.05, 3.63) is 41.6 Å². The van der Waals surface area contributed by atoms with Crippen LogP contribution in [0.2, 0.25) is 0 Å². The summed E-state index contributed by atoms with van der Waals surface area (Å²) >= 11 is 0. The van der Waals surface area contributed by atoms with Gasteiger partial charge in [-0.1, -0.05) is 17.3 Å². The molecule has 2 heterocycles. The quantitative estimate of drug-likeness (QED) is 0.678. The van der Waals surface area contributed by atoms with E-state index in [1.165, 1.54) is 0 Å². The monoisotopic (exact) mass is 396 g/mol. The summed E-state index contributed by atoms with van der Waals surface area (Å²) in [5.41, 5.74) is 2.88. The van der Waals surface area contributed by atoms with Crippen LogP contribution in [0.3, 0.4) is 0 Å². The summed E-state index contributed by atoms with van der Waals surface area (Å²) in [6.07, 6.45) is -0.565.